The molecule has 1 heterocycles. The van der Waals surface area contributed by atoms with Crippen LogP contribution in [0.4, 0.5) is 9.52 Å². The highest BCUT2D eigenvalue weighted by molar-refractivity contribution is 8.00. The third kappa shape index (κ3) is 5.39. The molecule has 0 aliphatic rings. The van der Waals surface area contributed by atoms with Crippen LogP contribution in [-0.4, -0.2) is 16.1 Å². The van der Waals surface area contributed by atoms with Crippen LogP contribution in [0.15, 0.2) is 58.9 Å². The molecule has 0 saturated carbocycles. The van der Waals surface area contributed by atoms with Gasteiger partial charge in [0.25, 0.3) is 0 Å². The van der Waals surface area contributed by atoms with Crippen LogP contribution in [0.2, 0.25) is 5.02 Å². The normalized spacial score (nSPS) is 11.0. The van der Waals surface area contributed by atoms with E-state index in [1.165, 1.54) is 35.2 Å². The molecule has 1 amide bonds. The molecule has 0 aliphatic heterocycles. The summed E-state index contributed by atoms with van der Waals surface area (Å²) in [6.45, 7) is 0. The topological polar surface area (TPSA) is 54.9 Å². The highest BCUT2D eigenvalue weighted by atomic mass is 35.5. The first-order valence-electron chi connectivity index (χ1n) is 7.54. The van der Waals surface area contributed by atoms with Gasteiger partial charge in [-0.25, -0.2) is 4.39 Å². The number of nitrogens with one attached hydrogen (secondary N) is 1. The molecule has 0 aliphatic carbocycles. The van der Waals surface area contributed by atoms with Crippen LogP contribution < -0.4 is 5.32 Å². The molecule has 0 spiro atoms. The number of hydrogen-bond donors (Lipinski definition) is 1. The number of carbonyl (C=O) groups excluding carboxylic acids is 1. The molecule has 3 aromatic rings. The van der Waals surface area contributed by atoms with E-state index in [2.05, 4.69) is 15.5 Å². The molecule has 0 atom stereocenters. The second-order valence-corrected chi connectivity index (χ2v) is 7.76. The van der Waals surface area contributed by atoms with Gasteiger partial charge in [-0.15, -0.1) is 10.2 Å². The van der Waals surface area contributed by atoms with Gasteiger partial charge >= 0.3 is 0 Å². The zero-order valence-corrected chi connectivity index (χ0v) is 15.7. The highest BCUT2D eigenvalue weighted by Crippen LogP contribution is 2.29. The number of anilines is 1. The van der Waals surface area contributed by atoms with E-state index in [0.29, 0.717) is 25.8 Å². The number of rotatable bonds is 6. The van der Waals surface area contributed by atoms with Crippen molar-refractivity contribution in [2.45, 2.75) is 10.1 Å². The van der Waals surface area contributed by atoms with E-state index in [1.807, 2.05) is 12.1 Å². The van der Waals surface area contributed by atoms with E-state index in [1.54, 1.807) is 36.4 Å². The van der Waals surface area contributed by atoms with Crippen LogP contribution in [0.5, 0.6) is 0 Å². The lowest BCUT2D eigenvalue weighted by atomic mass is 10.2. The highest BCUT2D eigenvalue weighted by Gasteiger charge is 2.08. The summed E-state index contributed by atoms with van der Waals surface area (Å²) in [4.78, 5) is 11.9. The molecule has 26 heavy (non-hydrogen) atoms. The van der Waals surface area contributed by atoms with Gasteiger partial charge < -0.3 is 0 Å². The van der Waals surface area contributed by atoms with Crippen molar-refractivity contribution in [2.75, 3.05) is 5.32 Å². The standard InChI is InChI=1S/C18H13ClFN3OS2/c19-14-8-5-12(6-9-14)7-10-16(24)21-17-22-23-18(26-17)25-11-13-3-1-2-4-15(13)20/h1-10H,11H2,(H,21,22,24). The van der Waals surface area contributed by atoms with E-state index >= 15 is 0 Å². The van der Waals surface area contributed by atoms with Crippen molar-refractivity contribution in [2.24, 2.45) is 0 Å². The largest absolute Gasteiger partial charge is 0.297 e. The van der Waals surface area contributed by atoms with Crippen molar-refractivity contribution in [1.29, 1.82) is 0 Å². The molecule has 1 aromatic heterocycles. The maximum atomic E-state index is 13.6. The summed E-state index contributed by atoms with van der Waals surface area (Å²) in [5, 5.41) is 11.6. The average molecular weight is 406 g/mol. The van der Waals surface area contributed by atoms with E-state index in [4.69, 9.17) is 11.6 Å². The van der Waals surface area contributed by atoms with Crippen LogP contribution in [0.3, 0.4) is 0 Å². The fraction of sp³-hybridized carbons (Fsp3) is 0.0556. The van der Waals surface area contributed by atoms with Gasteiger partial charge in [0.1, 0.15) is 5.82 Å². The van der Waals surface area contributed by atoms with Crippen molar-refractivity contribution >= 4 is 51.8 Å². The van der Waals surface area contributed by atoms with Crippen LogP contribution >= 0.6 is 34.7 Å². The van der Waals surface area contributed by atoms with Gasteiger partial charge in [-0.1, -0.05) is 65.0 Å². The number of hydrogen-bond acceptors (Lipinski definition) is 5. The van der Waals surface area contributed by atoms with Crippen molar-refractivity contribution < 1.29 is 9.18 Å². The lowest BCUT2D eigenvalue weighted by molar-refractivity contribution is -0.111. The van der Waals surface area contributed by atoms with Gasteiger partial charge in [0.2, 0.25) is 11.0 Å². The Morgan fingerprint density at radius 1 is 1.19 bits per heavy atom. The van der Waals surface area contributed by atoms with Crippen LogP contribution in [0.25, 0.3) is 6.08 Å². The molecule has 132 valence electrons. The Kier molecular flexibility index (Phi) is 6.38. The first-order valence-corrected chi connectivity index (χ1v) is 9.72. The number of nitrogens with zero attached hydrogens (tertiary/aromatic N) is 2. The Labute approximate surface area is 163 Å². The third-order valence-corrected chi connectivity index (χ3v) is 5.52. The van der Waals surface area contributed by atoms with Gasteiger partial charge in [-0.05, 0) is 35.4 Å². The fourth-order valence-corrected chi connectivity index (χ4v) is 3.83. The first kappa shape index (κ1) is 18.6. The number of thioether (sulfide) groups is 1. The molecule has 0 radical (unpaired) electrons. The Morgan fingerprint density at radius 2 is 1.96 bits per heavy atom. The second kappa shape index (κ2) is 8.93. The molecule has 4 nitrogen and oxygen atoms in total. The monoisotopic (exact) mass is 405 g/mol. The number of benzene rings is 2. The maximum Gasteiger partial charge on any atom is 0.250 e. The summed E-state index contributed by atoms with van der Waals surface area (Å²) in [7, 11) is 0. The molecule has 3 rings (SSSR count). The van der Waals surface area contributed by atoms with Gasteiger partial charge in [0.15, 0.2) is 4.34 Å². The predicted octanol–water partition coefficient (Wildman–Crippen LogP) is 5.27. The number of amides is 1. The summed E-state index contributed by atoms with van der Waals surface area (Å²) in [5.74, 6) is -0.0988. The molecule has 0 bridgehead atoms. The molecule has 0 saturated heterocycles. The molecule has 1 N–H and O–H groups in total. The maximum absolute atomic E-state index is 13.6. The third-order valence-electron chi connectivity index (χ3n) is 3.24. The van der Waals surface area contributed by atoms with Gasteiger partial charge in [-0.3, -0.25) is 10.1 Å². The van der Waals surface area contributed by atoms with E-state index in [0.717, 1.165) is 5.56 Å². The molecule has 2 aromatic carbocycles. The van der Waals surface area contributed by atoms with E-state index < -0.39 is 0 Å². The predicted molar refractivity (Wildman–Crippen MR) is 105 cm³/mol. The number of halogens is 2. The quantitative estimate of drug-likeness (QED) is 0.344. The van der Waals surface area contributed by atoms with Crippen LogP contribution in [0.1, 0.15) is 11.1 Å². The average Bonchev–Trinajstić information content (AvgIpc) is 3.08. The zero-order chi connectivity index (χ0) is 18.4. The van der Waals surface area contributed by atoms with Gasteiger partial charge in [0, 0.05) is 16.9 Å². The fourth-order valence-electron chi connectivity index (χ4n) is 1.97. The van der Waals surface area contributed by atoms with Crippen molar-refractivity contribution in [1.82, 2.24) is 10.2 Å². The van der Waals surface area contributed by atoms with Gasteiger partial charge in [-0.2, -0.15) is 0 Å². The van der Waals surface area contributed by atoms with E-state index in [-0.39, 0.29) is 11.7 Å². The minimum absolute atomic E-state index is 0.245. The summed E-state index contributed by atoms with van der Waals surface area (Å²) >= 11 is 8.43. The Bertz CT molecular complexity index is 928. The van der Waals surface area contributed by atoms with E-state index in [9.17, 15) is 9.18 Å². The minimum Gasteiger partial charge on any atom is -0.297 e. The van der Waals surface area contributed by atoms with Crippen LogP contribution in [-0.2, 0) is 10.5 Å². The Balaban J connectivity index is 1.53. The number of aromatic nitrogens is 2. The molecular weight excluding hydrogens is 393 g/mol. The summed E-state index contributed by atoms with van der Waals surface area (Å²) in [6.07, 6.45) is 3.09. The second-order valence-electron chi connectivity index (χ2n) is 5.13. The SMILES string of the molecule is O=C(C=Cc1ccc(Cl)cc1)Nc1nnc(SCc2ccccc2F)s1. The minimum atomic E-state index is -0.304. The molecular formula is C18H13ClFN3OS2. The van der Waals surface area contributed by atoms with Crippen molar-refractivity contribution in [3.05, 3.63) is 76.6 Å². The Morgan fingerprint density at radius 3 is 2.73 bits per heavy atom. The van der Waals surface area contributed by atoms with Crippen molar-refractivity contribution in [3.63, 3.8) is 0 Å². The first-order chi connectivity index (χ1) is 12.6. The summed E-state index contributed by atoms with van der Waals surface area (Å²) in [5.41, 5.74) is 1.46. The van der Waals surface area contributed by atoms with Crippen molar-refractivity contribution in [3.8, 4) is 0 Å². The Hall–Kier alpha value is -2.22. The smallest absolute Gasteiger partial charge is 0.250 e. The molecule has 0 unspecified atom stereocenters. The number of carbonyl (C=O) groups is 1. The molecule has 0 fully saturated rings. The summed E-state index contributed by atoms with van der Waals surface area (Å²) in [6, 6.07) is 13.7. The van der Waals surface area contributed by atoms with Crippen LogP contribution in [0, 0.1) is 5.82 Å². The zero-order valence-electron chi connectivity index (χ0n) is 13.4. The lowest BCUT2D eigenvalue weighted by Gasteiger charge is -1.99. The summed E-state index contributed by atoms with van der Waals surface area (Å²) < 4.78 is 14.3. The van der Waals surface area contributed by atoms with Gasteiger partial charge in [0.05, 0.1) is 0 Å². The molecule has 8 heteroatoms. The lowest BCUT2D eigenvalue weighted by Crippen LogP contribution is -2.07.